The first kappa shape index (κ1) is 16.0. The van der Waals surface area contributed by atoms with Crippen LogP contribution in [0.5, 0.6) is 0 Å². The van der Waals surface area contributed by atoms with Crippen LogP contribution in [0.25, 0.3) is 10.2 Å². The molecule has 6 heteroatoms. The minimum Gasteiger partial charge on any atom is -0.381 e. The van der Waals surface area contributed by atoms with E-state index in [2.05, 4.69) is 30.0 Å². The Hall–Kier alpha value is -1.50. The molecule has 5 nitrogen and oxygen atoms in total. The van der Waals surface area contributed by atoms with E-state index in [1.54, 1.807) is 11.3 Å². The highest BCUT2D eigenvalue weighted by molar-refractivity contribution is 7.18. The number of nitrogens with zero attached hydrogens (tertiary/aromatic N) is 3. The lowest BCUT2D eigenvalue weighted by molar-refractivity contribution is -0.137. The summed E-state index contributed by atoms with van der Waals surface area (Å²) in [6, 6.07) is 8.60. The van der Waals surface area contributed by atoms with Crippen molar-refractivity contribution >= 4 is 27.5 Å². The highest BCUT2D eigenvalue weighted by Gasteiger charge is 2.31. The molecule has 2 fully saturated rings. The molecule has 1 aromatic carbocycles. The zero-order chi connectivity index (χ0) is 16.5. The Morgan fingerprint density at radius 3 is 2.79 bits per heavy atom. The van der Waals surface area contributed by atoms with Gasteiger partial charge >= 0.3 is 0 Å². The zero-order valence-electron chi connectivity index (χ0n) is 14.0. The fourth-order valence-electron chi connectivity index (χ4n) is 3.54. The average Bonchev–Trinajstić information content (AvgIpc) is 3.30. The van der Waals surface area contributed by atoms with Crippen molar-refractivity contribution < 1.29 is 9.53 Å². The van der Waals surface area contributed by atoms with Gasteiger partial charge in [-0.15, -0.1) is 11.3 Å². The number of hydrogen-bond acceptors (Lipinski definition) is 5. The lowest BCUT2D eigenvalue weighted by atomic mass is 10.1. The molecule has 0 spiro atoms. The number of amides is 1. The number of carbonyl (C=O) groups is 1. The van der Waals surface area contributed by atoms with Gasteiger partial charge in [0.1, 0.15) is 5.01 Å². The fraction of sp³-hybridized carbons (Fsp3) is 0.556. The number of thiazole rings is 1. The van der Waals surface area contributed by atoms with Crippen LogP contribution in [0.1, 0.15) is 24.4 Å². The van der Waals surface area contributed by atoms with Crippen LogP contribution in [0.2, 0.25) is 0 Å². The van der Waals surface area contributed by atoms with E-state index in [1.807, 2.05) is 11.0 Å². The SMILES string of the molecule is C[C@H](c1nc2ccccc2s1)N1CCN(C(=O)[C@H]2CCOC2)CC1. The van der Waals surface area contributed by atoms with Crippen molar-refractivity contribution in [3.8, 4) is 0 Å². The first-order valence-corrected chi connectivity index (χ1v) is 9.50. The lowest BCUT2D eigenvalue weighted by Gasteiger charge is -2.38. The van der Waals surface area contributed by atoms with Crippen molar-refractivity contribution in [2.75, 3.05) is 39.4 Å². The molecule has 0 bridgehead atoms. The Labute approximate surface area is 146 Å². The molecular formula is C18H23N3O2S. The Bertz CT molecular complexity index is 685. The minimum absolute atomic E-state index is 0.0817. The van der Waals surface area contributed by atoms with Gasteiger partial charge in [0, 0.05) is 32.8 Å². The highest BCUT2D eigenvalue weighted by Crippen LogP contribution is 2.30. The second kappa shape index (κ2) is 6.78. The number of rotatable bonds is 3. The Morgan fingerprint density at radius 2 is 2.08 bits per heavy atom. The number of hydrogen-bond donors (Lipinski definition) is 0. The summed E-state index contributed by atoms with van der Waals surface area (Å²) in [4.78, 5) is 21.7. The van der Waals surface area contributed by atoms with Gasteiger partial charge in [-0.3, -0.25) is 9.69 Å². The van der Waals surface area contributed by atoms with Crippen molar-refractivity contribution in [3.05, 3.63) is 29.3 Å². The Balaban J connectivity index is 1.38. The third-order valence-corrected chi connectivity index (χ3v) is 6.33. The highest BCUT2D eigenvalue weighted by atomic mass is 32.1. The van der Waals surface area contributed by atoms with Crippen LogP contribution in [0.15, 0.2) is 24.3 Å². The van der Waals surface area contributed by atoms with Crippen LogP contribution in [0, 0.1) is 5.92 Å². The minimum atomic E-state index is 0.0817. The molecule has 1 aromatic heterocycles. The Morgan fingerprint density at radius 1 is 1.29 bits per heavy atom. The molecule has 2 atom stereocenters. The average molecular weight is 345 g/mol. The van der Waals surface area contributed by atoms with E-state index in [-0.39, 0.29) is 11.8 Å². The van der Waals surface area contributed by atoms with Crippen LogP contribution in [0.3, 0.4) is 0 Å². The van der Waals surface area contributed by atoms with Gasteiger partial charge in [-0.2, -0.15) is 0 Å². The summed E-state index contributed by atoms with van der Waals surface area (Å²) in [5, 5.41) is 1.17. The molecule has 0 saturated carbocycles. The predicted octanol–water partition coefficient (Wildman–Crippen LogP) is 2.54. The number of para-hydroxylation sites is 1. The maximum absolute atomic E-state index is 12.5. The number of benzene rings is 1. The molecule has 4 rings (SSSR count). The quantitative estimate of drug-likeness (QED) is 0.858. The molecule has 0 aliphatic carbocycles. The van der Waals surface area contributed by atoms with E-state index >= 15 is 0 Å². The van der Waals surface area contributed by atoms with Gasteiger partial charge in [0.05, 0.1) is 28.8 Å². The van der Waals surface area contributed by atoms with Gasteiger partial charge < -0.3 is 9.64 Å². The number of aromatic nitrogens is 1. The molecule has 0 N–H and O–H groups in total. The topological polar surface area (TPSA) is 45.7 Å². The van der Waals surface area contributed by atoms with Crippen molar-refractivity contribution in [1.29, 1.82) is 0 Å². The van der Waals surface area contributed by atoms with E-state index in [0.29, 0.717) is 12.6 Å². The van der Waals surface area contributed by atoms with Crippen LogP contribution >= 0.6 is 11.3 Å². The van der Waals surface area contributed by atoms with Gasteiger partial charge in [-0.25, -0.2) is 4.98 Å². The van der Waals surface area contributed by atoms with E-state index < -0.39 is 0 Å². The van der Waals surface area contributed by atoms with Crippen LogP contribution in [-0.4, -0.2) is 60.1 Å². The molecular weight excluding hydrogens is 322 g/mol. The number of ether oxygens (including phenoxy) is 1. The Kier molecular flexibility index (Phi) is 4.52. The van der Waals surface area contributed by atoms with Gasteiger partial charge in [-0.1, -0.05) is 12.1 Å². The largest absolute Gasteiger partial charge is 0.381 e. The van der Waals surface area contributed by atoms with Crippen molar-refractivity contribution in [1.82, 2.24) is 14.8 Å². The smallest absolute Gasteiger partial charge is 0.228 e. The maximum atomic E-state index is 12.5. The van der Waals surface area contributed by atoms with Crippen LogP contribution < -0.4 is 0 Å². The van der Waals surface area contributed by atoms with E-state index in [4.69, 9.17) is 9.72 Å². The summed E-state index contributed by atoms with van der Waals surface area (Å²) in [5.41, 5.74) is 1.08. The number of piperazine rings is 1. The van der Waals surface area contributed by atoms with E-state index in [0.717, 1.165) is 44.7 Å². The van der Waals surface area contributed by atoms with Gasteiger partial charge in [0.15, 0.2) is 0 Å². The summed E-state index contributed by atoms with van der Waals surface area (Å²) < 4.78 is 6.60. The summed E-state index contributed by atoms with van der Waals surface area (Å²) in [6.45, 7) is 6.99. The molecule has 24 heavy (non-hydrogen) atoms. The van der Waals surface area contributed by atoms with Crippen molar-refractivity contribution in [2.24, 2.45) is 5.92 Å². The molecule has 128 valence electrons. The summed E-state index contributed by atoms with van der Waals surface area (Å²) in [5.74, 6) is 0.359. The number of carbonyl (C=O) groups excluding carboxylic acids is 1. The normalized spacial score (nSPS) is 23.7. The molecule has 2 saturated heterocycles. The van der Waals surface area contributed by atoms with Crippen LogP contribution in [0.4, 0.5) is 0 Å². The van der Waals surface area contributed by atoms with Crippen molar-refractivity contribution in [3.63, 3.8) is 0 Å². The van der Waals surface area contributed by atoms with Gasteiger partial charge in [0.2, 0.25) is 5.91 Å². The first-order valence-electron chi connectivity index (χ1n) is 8.68. The fourth-order valence-corrected chi connectivity index (χ4v) is 4.60. The molecule has 3 heterocycles. The molecule has 0 unspecified atom stereocenters. The number of fused-ring (bicyclic) bond motifs is 1. The van der Waals surface area contributed by atoms with Crippen molar-refractivity contribution in [2.45, 2.75) is 19.4 Å². The third-order valence-electron chi connectivity index (χ3n) is 5.12. The van der Waals surface area contributed by atoms with Gasteiger partial charge in [-0.05, 0) is 25.5 Å². The first-order chi connectivity index (χ1) is 11.7. The summed E-state index contributed by atoms with van der Waals surface area (Å²) in [7, 11) is 0. The third kappa shape index (κ3) is 3.06. The summed E-state index contributed by atoms with van der Waals surface area (Å²) >= 11 is 1.78. The second-order valence-corrected chi connectivity index (χ2v) is 7.68. The second-order valence-electron chi connectivity index (χ2n) is 6.62. The van der Waals surface area contributed by atoms with E-state index in [9.17, 15) is 4.79 Å². The molecule has 2 aliphatic heterocycles. The standard InChI is InChI=1S/C18H23N3O2S/c1-13(17-19-15-4-2-3-5-16(15)24-17)20-7-9-21(10-8-20)18(22)14-6-11-23-12-14/h2-5,13-14H,6-12H2,1H3/t13-,14+/m1/s1. The van der Waals surface area contributed by atoms with Crippen LogP contribution in [-0.2, 0) is 9.53 Å². The molecule has 2 aromatic rings. The van der Waals surface area contributed by atoms with E-state index in [1.165, 1.54) is 9.71 Å². The lowest BCUT2D eigenvalue weighted by Crippen LogP contribution is -2.50. The monoisotopic (exact) mass is 345 g/mol. The molecule has 0 radical (unpaired) electrons. The predicted molar refractivity (Wildman–Crippen MR) is 95.1 cm³/mol. The maximum Gasteiger partial charge on any atom is 0.228 e. The van der Waals surface area contributed by atoms with Gasteiger partial charge in [0.25, 0.3) is 0 Å². The summed E-state index contributed by atoms with van der Waals surface area (Å²) in [6.07, 6.45) is 0.876. The zero-order valence-corrected chi connectivity index (χ0v) is 14.8. The molecule has 2 aliphatic rings. The molecule has 1 amide bonds.